The number of hydrogen-bond donors (Lipinski definition) is 1. The third-order valence-electron chi connectivity index (χ3n) is 13.1. The number of carbonyl (C=O) groups excluding carboxylic acids is 2. The van der Waals surface area contributed by atoms with Gasteiger partial charge >= 0.3 is 5.97 Å². The third-order valence-corrected chi connectivity index (χ3v) is 13.1. The van der Waals surface area contributed by atoms with Crippen LogP contribution in [0.3, 0.4) is 0 Å². The van der Waals surface area contributed by atoms with E-state index in [0.717, 1.165) is 75.5 Å². The van der Waals surface area contributed by atoms with E-state index in [4.69, 9.17) is 0 Å². The number of allylic oxidation sites excluding steroid dienone is 2. The molecule has 1 saturated heterocycles. The molecule has 1 aromatic carbocycles. The smallest absolute Gasteiger partial charge is 0.309 e. The molecule has 8 atom stereocenters. The molecule has 2 amide bonds. The topological polar surface area (TPSA) is 74.7 Å². The van der Waals surface area contributed by atoms with Gasteiger partial charge in [0.15, 0.2) is 0 Å². The van der Waals surface area contributed by atoms with Crippen molar-refractivity contribution in [2.45, 2.75) is 98.8 Å². The molecule has 40 heavy (non-hydrogen) atoms. The van der Waals surface area contributed by atoms with Gasteiger partial charge in [-0.2, -0.15) is 0 Å². The Labute approximate surface area is 238 Å². The van der Waals surface area contributed by atoms with Crippen molar-refractivity contribution < 1.29 is 19.5 Å². The Kier molecular flexibility index (Phi) is 5.66. The van der Waals surface area contributed by atoms with Crippen molar-refractivity contribution in [3.8, 4) is 0 Å². The summed E-state index contributed by atoms with van der Waals surface area (Å²) in [4.78, 5) is 43.7. The molecule has 8 rings (SSSR count). The Balaban J connectivity index is 1.38. The monoisotopic (exact) mass is 543 g/mol. The van der Waals surface area contributed by atoms with Gasteiger partial charge < -0.3 is 5.11 Å². The summed E-state index contributed by atoms with van der Waals surface area (Å²) >= 11 is 0. The molecule has 1 aromatic rings. The summed E-state index contributed by atoms with van der Waals surface area (Å²) < 4.78 is 0. The number of hydrogen-bond acceptors (Lipinski definition) is 3. The first-order valence-electron chi connectivity index (χ1n) is 15.9. The van der Waals surface area contributed by atoms with Crippen molar-refractivity contribution in [3.05, 3.63) is 40.5 Å². The third kappa shape index (κ3) is 3.13. The fourth-order valence-electron chi connectivity index (χ4n) is 11.4. The molecule has 1 heterocycles. The van der Waals surface area contributed by atoms with Crippen molar-refractivity contribution in [1.82, 2.24) is 0 Å². The molecule has 6 aliphatic carbocycles. The van der Waals surface area contributed by atoms with Gasteiger partial charge in [0.25, 0.3) is 0 Å². The van der Waals surface area contributed by atoms with Crippen LogP contribution in [0.2, 0.25) is 0 Å². The van der Waals surface area contributed by atoms with E-state index in [2.05, 4.69) is 45.9 Å². The highest BCUT2D eigenvalue weighted by Gasteiger charge is 2.73. The molecule has 7 aliphatic rings. The maximum Gasteiger partial charge on any atom is 0.309 e. The number of fused-ring (bicyclic) bond motifs is 2. The Bertz CT molecular complexity index is 1360. The summed E-state index contributed by atoms with van der Waals surface area (Å²) in [5.74, 6) is -0.530. The molecule has 0 radical (unpaired) electrons. The van der Waals surface area contributed by atoms with E-state index in [0.29, 0.717) is 5.92 Å². The summed E-state index contributed by atoms with van der Waals surface area (Å²) in [7, 11) is 0. The molecule has 214 valence electrons. The van der Waals surface area contributed by atoms with Crippen LogP contribution in [0, 0.1) is 58.7 Å². The quantitative estimate of drug-likeness (QED) is 0.333. The Hall–Kier alpha value is -2.43. The minimum atomic E-state index is -0.725. The van der Waals surface area contributed by atoms with Gasteiger partial charge in [-0.05, 0) is 117 Å². The van der Waals surface area contributed by atoms with Crippen LogP contribution in [-0.2, 0) is 27.2 Å². The number of anilines is 1. The van der Waals surface area contributed by atoms with E-state index in [1.807, 2.05) is 6.92 Å². The van der Waals surface area contributed by atoms with Crippen molar-refractivity contribution in [3.63, 3.8) is 0 Å². The number of amides is 2. The lowest BCUT2D eigenvalue weighted by atomic mass is 9.34. The average Bonchev–Trinajstić information content (AvgIpc) is 3.19. The molecule has 1 spiro atoms. The molecule has 2 bridgehead atoms. The number of imide groups is 1. The SMILES string of the molecule is Cc1ccc2c(c1N1C(=O)[C@H]3[C@@H](C1=O)[C@@]14C=C(C(C)C)[C@@H]3C[C@@H]1[C@@]1(C)CCC[C@@](C)(C(=O)O)[C@@H]1CC4)CCCC2. The number of carboxylic acid groups (broad SMARTS) is 1. The van der Waals surface area contributed by atoms with Gasteiger partial charge in [-0.1, -0.05) is 51.0 Å². The predicted molar refractivity (Wildman–Crippen MR) is 155 cm³/mol. The summed E-state index contributed by atoms with van der Waals surface area (Å²) in [6.07, 6.45) is 11.9. The summed E-state index contributed by atoms with van der Waals surface area (Å²) in [6.45, 7) is 10.8. The molecule has 5 nitrogen and oxygen atoms in total. The Morgan fingerprint density at radius 1 is 1.00 bits per heavy atom. The molecule has 3 saturated carbocycles. The van der Waals surface area contributed by atoms with E-state index in [-0.39, 0.29) is 52.2 Å². The van der Waals surface area contributed by atoms with Crippen LogP contribution in [0.25, 0.3) is 0 Å². The number of benzene rings is 1. The second-order valence-electron chi connectivity index (χ2n) is 15.1. The first kappa shape index (κ1) is 26.5. The van der Waals surface area contributed by atoms with Crippen molar-refractivity contribution >= 4 is 23.5 Å². The van der Waals surface area contributed by atoms with E-state index >= 15 is 0 Å². The lowest BCUT2D eigenvalue weighted by Gasteiger charge is -2.68. The summed E-state index contributed by atoms with van der Waals surface area (Å²) in [5, 5.41) is 10.4. The highest BCUT2D eigenvalue weighted by atomic mass is 16.4. The fourth-order valence-corrected chi connectivity index (χ4v) is 11.4. The Morgan fingerprint density at radius 2 is 1.75 bits per heavy atom. The first-order valence-corrected chi connectivity index (χ1v) is 15.9. The highest BCUT2D eigenvalue weighted by molar-refractivity contribution is 6.23. The van der Waals surface area contributed by atoms with Gasteiger partial charge in [0.1, 0.15) is 0 Å². The number of rotatable bonds is 3. The van der Waals surface area contributed by atoms with Crippen LogP contribution in [0.4, 0.5) is 5.69 Å². The number of nitrogens with zero attached hydrogens (tertiary/aromatic N) is 1. The minimum absolute atomic E-state index is 0.0182. The zero-order valence-electron chi connectivity index (χ0n) is 24.9. The standard InChI is InChI=1S/C35H45NO4/c1-19(2)24-18-35-16-13-25-33(4,14-8-15-34(25,5)32(39)40)26(35)17-23(24)27-28(35)31(38)36(30(27)37)29-20(3)11-12-21-9-6-7-10-22(21)29/h11-12,18-19,23,25-28H,6-10,13-17H2,1-5H3,(H,39,40)/t23-,25+,26+,27+,28-,33-,34+,35-/m0/s1. The Morgan fingerprint density at radius 3 is 2.48 bits per heavy atom. The van der Waals surface area contributed by atoms with Gasteiger partial charge in [-0.25, -0.2) is 4.90 Å². The van der Waals surface area contributed by atoms with Crippen molar-refractivity contribution in [1.29, 1.82) is 0 Å². The average molecular weight is 544 g/mol. The van der Waals surface area contributed by atoms with Crippen molar-refractivity contribution in [2.75, 3.05) is 4.90 Å². The second kappa shape index (κ2) is 8.55. The highest BCUT2D eigenvalue weighted by Crippen LogP contribution is 2.74. The minimum Gasteiger partial charge on any atom is -0.481 e. The van der Waals surface area contributed by atoms with Crippen LogP contribution in [0.1, 0.15) is 95.8 Å². The van der Waals surface area contributed by atoms with Crippen LogP contribution < -0.4 is 4.90 Å². The van der Waals surface area contributed by atoms with Crippen LogP contribution in [0.5, 0.6) is 0 Å². The zero-order chi connectivity index (χ0) is 28.4. The summed E-state index contributed by atoms with van der Waals surface area (Å²) in [5.41, 5.74) is 4.55. The van der Waals surface area contributed by atoms with Crippen LogP contribution >= 0.6 is 0 Å². The van der Waals surface area contributed by atoms with Gasteiger partial charge in [-0.15, -0.1) is 0 Å². The normalized spacial score (nSPS) is 41.8. The first-order chi connectivity index (χ1) is 19.0. The summed E-state index contributed by atoms with van der Waals surface area (Å²) in [6, 6.07) is 4.31. The molecule has 0 unspecified atom stereocenters. The van der Waals surface area contributed by atoms with Gasteiger partial charge in [0, 0.05) is 5.41 Å². The predicted octanol–water partition coefficient (Wildman–Crippen LogP) is 6.89. The van der Waals surface area contributed by atoms with Crippen LogP contribution in [0.15, 0.2) is 23.8 Å². The van der Waals surface area contributed by atoms with Crippen molar-refractivity contribution in [2.24, 2.45) is 51.8 Å². The van der Waals surface area contributed by atoms with Gasteiger partial charge in [-0.3, -0.25) is 14.4 Å². The van der Waals surface area contributed by atoms with Crippen LogP contribution in [-0.4, -0.2) is 22.9 Å². The molecule has 0 aromatic heterocycles. The van der Waals surface area contributed by atoms with Gasteiger partial charge in [0.05, 0.1) is 22.9 Å². The molecule has 4 fully saturated rings. The lowest BCUT2D eigenvalue weighted by Crippen LogP contribution is -2.65. The number of carboxylic acids is 1. The second-order valence-corrected chi connectivity index (χ2v) is 15.1. The van der Waals surface area contributed by atoms with E-state index in [1.165, 1.54) is 16.7 Å². The number of aryl methyl sites for hydroxylation is 2. The molecule has 5 heteroatoms. The molecule has 1 aliphatic heterocycles. The van der Waals surface area contributed by atoms with E-state index in [9.17, 15) is 19.5 Å². The fraction of sp³-hybridized carbons (Fsp3) is 0.686. The molecule has 1 N–H and O–H groups in total. The number of carbonyl (C=O) groups is 3. The zero-order valence-corrected chi connectivity index (χ0v) is 24.9. The largest absolute Gasteiger partial charge is 0.481 e. The maximum absolute atomic E-state index is 14.8. The maximum atomic E-state index is 14.8. The number of aliphatic carboxylic acids is 1. The molecular weight excluding hydrogens is 498 g/mol. The van der Waals surface area contributed by atoms with E-state index in [1.54, 1.807) is 4.90 Å². The van der Waals surface area contributed by atoms with Gasteiger partial charge in [0.2, 0.25) is 11.8 Å². The lowest BCUT2D eigenvalue weighted by molar-refractivity contribution is -0.194. The van der Waals surface area contributed by atoms with E-state index < -0.39 is 11.4 Å². The molecular formula is C35H45NO4.